The molecule has 1 aromatic heterocycles. The van der Waals surface area contributed by atoms with Gasteiger partial charge in [-0.1, -0.05) is 33.1 Å². The van der Waals surface area contributed by atoms with E-state index in [0.717, 1.165) is 31.5 Å². The zero-order valence-corrected chi connectivity index (χ0v) is 13.2. The van der Waals surface area contributed by atoms with Crippen LogP contribution in [0, 0.1) is 12.8 Å². The summed E-state index contributed by atoms with van der Waals surface area (Å²) in [5.41, 5.74) is 0. The van der Waals surface area contributed by atoms with Crippen LogP contribution in [-0.2, 0) is 9.59 Å². The highest BCUT2D eigenvalue weighted by molar-refractivity contribution is 6.04. The largest absolute Gasteiger partial charge is 0.322 e. The molecule has 21 heavy (non-hydrogen) atoms. The number of aryl methyl sites for hydroxylation is 1. The molecule has 0 bridgehead atoms. The number of rotatable bonds is 7. The first kappa shape index (κ1) is 15.7. The van der Waals surface area contributed by atoms with Crippen molar-refractivity contribution in [2.24, 2.45) is 5.92 Å². The lowest BCUT2D eigenvalue weighted by Crippen LogP contribution is -2.35. The van der Waals surface area contributed by atoms with Gasteiger partial charge in [-0.3, -0.25) is 14.5 Å². The zero-order valence-electron chi connectivity index (χ0n) is 13.2. The van der Waals surface area contributed by atoms with E-state index in [1.165, 1.54) is 4.90 Å². The minimum atomic E-state index is -0.399. The maximum Gasteiger partial charge on any atom is 0.252 e. The van der Waals surface area contributed by atoms with Crippen LogP contribution in [0.15, 0.2) is 12.4 Å². The number of aromatic nitrogens is 2. The van der Waals surface area contributed by atoms with Crippen LogP contribution in [0.2, 0.25) is 0 Å². The normalized spacial score (nSPS) is 20.3. The lowest BCUT2D eigenvalue weighted by molar-refractivity contribution is -0.140. The molecule has 2 rings (SSSR count). The summed E-state index contributed by atoms with van der Waals surface area (Å²) in [6.07, 6.45) is 8.11. The summed E-state index contributed by atoms with van der Waals surface area (Å²) >= 11 is 0. The molecule has 116 valence electrons. The molecule has 0 aliphatic carbocycles. The summed E-state index contributed by atoms with van der Waals surface area (Å²) < 4.78 is 1.81. The molecular weight excluding hydrogens is 266 g/mol. The first-order valence-corrected chi connectivity index (χ1v) is 7.92. The van der Waals surface area contributed by atoms with E-state index in [1.54, 1.807) is 12.4 Å². The summed E-state index contributed by atoms with van der Waals surface area (Å²) in [5, 5.41) is 0. The second-order valence-electron chi connectivity index (χ2n) is 5.86. The topological polar surface area (TPSA) is 55.2 Å². The SMILES string of the molecule is CCCCC(CC)CN1C(=O)CC(n2ccnc2C)C1=O. The van der Waals surface area contributed by atoms with E-state index < -0.39 is 6.04 Å². The van der Waals surface area contributed by atoms with E-state index in [1.807, 2.05) is 11.5 Å². The van der Waals surface area contributed by atoms with Gasteiger partial charge in [0.2, 0.25) is 5.91 Å². The van der Waals surface area contributed by atoms with Gasteiger partial charge in [0.1, 0.15) is 11.9 Å². The number of imide groups is 1. The Labute approximate surface area is 126 Å². The lowest BCUT2D eigenvalue weighted by atomic mass is 9.99. The van der Waals surface area contributed by atoms with Gasteiger partial charge in [0.25, 0.3) is 5.91 Å². The molecule has 0 aromatic carbocycles. The predicted octanol–water partition coefficient (Wildman–Crippen LogP) is 2.71. The van der Waals surface area contributed by atoms with Gasteiger partial charge in [-0.25, -0.2) is 4.98 Å². The fourth-order valence-electron chi connectivity index (χ4n) is 2.97. The minimum Gasteiger partial charge on any atom is -0.322 e. The monoisotopic (exact) mass is 291 g/mol. The van der Waals surface area contributed by atoms with Gasteiger partial charge in [-0.2, -0.15) is 0 Å². The molecule has 1 aliphatic rings. The number of amides is 2. The number of unbranched alkanes of at least 4 members (excludes halogenated alkanes) is 1. The van der Waals surface area contributed by atoms with Gasteiger partial charge >= 0.3 is 0 Å². The first-order chi connectivity index (χ1) is 10.1. The highest BCUT2D eigenvalue weighted by atomic mass is 16.2. The van der Waals surface area contributed by atoms with Crippen molar-refractivity contribution in [3.05, 3.63) is 18.2 Å². The standard InChI is InChI=1S/C16H25N3O2/c1-4-6-7-13(5-2)11-19-15(20)10-14(16(19)21)18-9-8-17-12(18)3/h8-9,13-14H,4-7,10-11H2,1-3H3. The van der Waals surface area contributed by atoms with Gasteiger partial charge in [0.05, 0.1) is 6.42 Å². The van der Waals surface area contributed by atoms with E-state index in [-0.39, 0.29) is 18.2 Å². The van der Waals surface area contributed by atoms with Crippen LogP contribution >= 0.6 is 0 Å². The first-order valence-electron chi connectivity index (χ1n) is 7.92. The van der Waals surface area contributed by atoms with E-state index in [2.05, 4.69) is 18.8 Å². The molecule has 5 heteroatoms. The van der Waals surface area contributed by atoms with E-state index in [4.69, 9.17) is 0 Å². The van der Waals surface area contributed by atoms with E-state index in [9.17, 15) is 9.59 Å². The van der Waals surface area contributed by atoms with Crippen LogP contribution < -0.4 is 0 Å². The molecule has 1 aliphatic heterocycles. The van der Waals surface area contributed by atoms with Gasteiger partial charge < -0.3 is 4.57 Å². The average Bonchev–Trinajstić information content (AvgIpc) is 3.00. The Hall–Kier alpha value is -1.65. The van der Waals surface area contributed by atoms with Crippen molar-refractivity contribution in [3.63, 3.8) is 0 Å². The summed E-state index contributed by atoms with van der Waals surface area (Å²) in [4.78, 5) is 30.4. The molecule has 2 heterocycles. The second-order valence-corrected chi connectivity index (χ2v) is 5.86. The summed E-state index contributed by atoms with van der Waals surface area (Å²) in [6, 6.07) is -0.399. The minimum absolute atomic E-state index is 0.0481. The zero-order chi connectivity index (χ0) is 15.4. The molecular formula is C16H25N3O2. The Kier molecular flexibility index (Phi) is 5.15. The van der Waals surface area contributed by atoms with Crippen molar-refractivity contribution in [1.82, 2.24) is 14.5 Å². The molecule has 2 atom stereocenters. The number of imidazole rings is 1. The van der Waals surface area contributed by atoms with Gasteiger partial charge in [0.15, 0.2) is 0 Å². The van der Waals surface area contributed by atoms with Crippen LogP contribution in [-0.4, -0.2) is 32.8 Å². The molecule has 2 unspecified atom stereocenters. The molecule has 5 nitrogen and oxygen atoms in total. The van der Waals surface area contributed by atoms with Gasteiger partial charge in [-0.15, -0.1) is 0 Å². The molecule has 0 radical (unpaired) electrons. The van der Waals surface area contributed by atoms with Crippen LogP contribution in [0.25, 0.3) is 0 Å². The quantitative estimate of drug-likeness (QED) is 0.726. The van der Waals surface area contributed by atoms with Crippen molar-refractivity contribution >= 4 is 11.8 Å². The predicted molar refractivity (Wildman–Crippen MR) is 80.6 cm³/mol. The van der Waals surface area contributed by atoms with Crippen LogP contribution in [0.1, 0.15) is 57.8 Å². The fourth-order valence-corrected chi connectivity index (χ4v) is 2.97. The Morgan fingerprint density at radius 1 is 1.38 bits per heavy atom. The number of carbonyl (C=O) groups is 2. The van der Waals surface area contributed by atoms with Crippen molar-refractivity contribution < 1.29 is 9.59 Å². The second kappa shape index (κ2) is 6.87. The van der Waals surface area contributed by atoms with Crippen molar-refractivity contribution in [3.8, 4) is 0 Å². The number of hydrogen-bond acceptors (Lipinski definition) is 3. The van der Waals surface area contributed by atoms with Crippen LogP contribution in [0.3, 0.4) is 0 Å². The van der Waals surface area contributed by atoms with Crippen LogP contribution in [0.4, 0.5) is 0 Å². The number of hydrogen-bond donors (Lipinski definition) is 0. The molecule has 1 saturated heterocycles. The lowest BCUT2D eigenvalue weighted by Gasteiger charge is -2.22. The number of likely N-dealkylation sites (tertiary alicyclic amines) is 1. The van der Waals surface area contributed by atoms with E-state index >= 15 is 0 Å². The maximum absolute atomic E-state index is 12.5. The maximum atomic E-state index is 12.5. The molecule has 2 amide bonds. The van der Waals surface area contributed by atoms with Crippen molar-refractivity contribution in [2.75, 3.05) is 6.54 Å². The Balaban J connectivity index is 2.06. The van der Waals surface area contributed by atoms with Gasteiger partial charge in [0, 0.05) is 18.9 Å². The van der Waals surface area contributed by atoms with E-state index in [0.29, 0.717) is 12.5 Å². The van der Waals surface area contributed by atoms with Crippen LogP contribution in [0.5, 0.6) is 0 Å². The molecule has 0 N–H and O–H groups in total. The molecule has 0 spiro atoms. The van der Waals surface area contributed by atoms with Crippen molar-refractivity contribution in [2.45, 2.75) is 58.9 Å². The smallest absolute Gasteiger partial charge is 0.252 e. The van der Waals surface area contributed by atoms with Crippen molar-refractivity contribution in [1.29, 1.82) is 0 Å². The highest BCUT2D eigenvalue weighted by Gasteiger charge is 2.40. The summed E-state index contributed by atoms with van der Waals surface area (Å²) in [7, 11) is 0. The summed E-state index contributed by atoms with van der Waals surface area (Å²) in [6.45, 7) is 6.72. The Morgan fingerprint density at radius 3 is 2.71 bits per heavy atom. The third-order valence-electron chi connectivity index (χ3n) is 4.40. The third-order valence-corrected chi connectivity index (χ3v) is 4.40. The third kappa shape index (κ3) is 3.34. The molecule has 1 fully saturated rings. The molecule has 1 aromatic rings. The molecule has 0 saturated carbocycles. The average molecular weight is 291 g/mol. The highest BCUT2D eigenvalue weighted by Crippen LogP contribution is 2.27. The number of nitrogens with zero attached hydrogens (tertiary/aromatic N) is 3. The summed E-state index contributed by atoms with van der Waals surface area (Å²) in [5.74, 6) is 1.07. The Bertz CT molecular complexity index is 509. The van der Waals surface area contributed by atoms with Gasteiger partial charge in [-0.05, 0) is 19.3 Å². The number of carbonyl (C=O) groups excluding carboxylic acids is 2. The fraction of sp³-hybridized carbons (Fsp3) is 0.688. The Morgan fingerprint density at radius 2 is 2.14 bits per heavy atom.